The molecule has 1 saturated heterocycles. The van der Waals surface area contributed by atoms with E-state index < -0.39 is 11.8 Å². The van der Waals surface area contributed by atoms with Crippen LogP contribution in [0.25, 0.3) is 0 Å². The number of hydrogen-bond acceptors (Lipinski definition) is 3. The van der Waals surface area contributed by atoms with Gasteiger partial charge in [-0.25, -0.2) is 4.39 Å². The highest BCUT2D eigenvalue weighted by Crippen LogP contribution is 2.33. The number of nitrogens with one attached hydrogen (secondary N) is 1. The number of rotatable bonds is 7. The highest BCUT2D eigenvalue weighted by molar-refractivity contribution is 6.30. The van der Waals surface area contributed by atoms with Gasteiger partial charge in [-0.3, -0.25) is 9.69 Å². The number of halogens is 2. The van der Waals surface area contributed by atoms with Crippen molar-refractivity contribution in [1.82, 2.24) is 10.2 Å². The zero-order valence-electron chi connectivity index (χ0n) is 12.7. The van der Waals surface area contributed by atoms with Crippen molar-refractivity contribution >= 4 is 17.6 Å². The van der Waals surface area contributed by atoms with E-state index in [1.54, 1.807) is 6.07 Å². The van der Waals surface area contributed by atoms with Crippen LogP contribution in [0.5, 0.6) is 0 Å². The SMILES string of the molecule is CCN1CCC(NCCCC(=O)O)C1c1ccc(Cl)c(F)c1. The molecule has 0 saturated carbocycles. The quantitative estimate of drug-likeness (QED) is 0.755. The van der Waals surface area contributed by atoms with Gasteiger partial charge < -0.3 is 10.4 Å². The fourth-order valence-electron chi connectivity index (χ4n) is 3.09. The molecule has 6 heteroatoms. The summed E-state index contributed by atoms with van der Waals surface area (Å²) in [5, 5.41) is 12.2. The molecule has 2 N–H and O–H groups in total. The van der Waals surface area contributed by atoms with Gasteiger partial charge in [-0.05, 0) is 43.6 Å². The second-order valence-electron chi connectivity index (χ2n) is 5.59. The molecule has 2 atom stereocenters. The molecule has 0 amide bonds. The van der Waals surface area contributed by atoms with Gasteiger partial charge >= 0.3 is 5.97 Å². The molecule has 0 aromatic heterocycles. The Morgan fingerprint density at radius 3 is 2.95 bits per heavy atom. The Morgan fingerprint density at radius 1 is 1.55 bits per heavy atom. The molecule has 1 aliphatic rings. The summed E-state index contributed by atoms with van der Waals surface area (Å²) >= 11 is 5.77. The van der Waals surface area contributed by atoms with Crippen molar-refractivity contribution < 1.29 is 14.3 Å². The van der Waals surface area contributed by atoms with Crippen molar-refractivity contribution in [3.8, 4) is 0 Å². The van der Waals surface area contributed by atoms with Crippen LogP contribution in [0.15, 0.2) is 18.2 Å². The normalized spacial score (nSPS) is 22.1. The van der Waals surface area contributed by atoms with E-state index in [-0.39, 0.29) is 23.5 Å². The van der Waals surface area contributed by atoms with Gasteiger partial charge in [-0.15, -0.1) is 0 Å². The van der Waals surface area contributed by atoms with Gasteiger partial charge in [0.25, 0.3) is 0 Å². The zero-order chi connectivity index (χ0) is 16.1. The molecular formula is C16H22ClFN2O2. The average Bonchev–Trinajstić information content (AvgIpc) is 2.89. The first-order valence-electron chi connectivity index (χ1n) is 7.67. The van der Waals surface area contributed by atoms with E-state index in [2.05, 4.69) is 17.1 Å². The molecule has 1 aliphatic heterocycles. The lowest BCUT2D eigenvalue weighted by Gasteiger charge is -2.28. The maximum Gasteiger partial charge on any atom is 0.303 e. The number of carbonyl (C=O) groups is 1. The third-order valence-electron chi connectivity index (χ3n) is 4.17. The van der Waals surface area contributed by atoms with Crippen LogP contribution >= 0.6 is 11.6 Å². The van der Waals surface area contributed by atoms with Crippen LogP contribution in [0.3, 0.4) is 0 Å². The molecule has 2 rings (SSSR count). The van der Waals surface area contributed by atoms with E-state index in [0.717, 1.165) is 25.1 Å². The molecule has 0 radical (unpaired) electrons. The molecule has 1 fully saturated rings. The van der Waals surface area contributed by atoms with Gasteiger partial charge in [0.2, 0.25) is 0 Å². The Labute approximate surface area is 135 Å². The number of likely N-dealkylation sites (N-methyl/N-ethyl adjacent to an activating group) is 1. The van der Waals surface area contributed by atoms with Crippen molar-refractivity contribution in [1.29, 1.82) is 0 Å². The van der Waals surface area contributed by atoms with E-state index >= 15 is 0 Å². The number of nitrogens with zero attached hydrogens (tertiary/aromatic N) is 1. The molecule has 1 aromatic rings. The van der Waals surface area contributed by atoms with Crippen molar-refractivity contribution in [2.45, 2.75) is 38.3 Å². The van der Waals surface area contributed by atoms with Crippen molar-refractivity contribution in [2.24, 2.45) is 0 Å². The number of carboxylic acid groups (broad SMARTS) is 1. The van der Waals surface area contributed by atoms with Gasteiger partial charge in [-0.2, -0.15) is 0 Å². The zero-order valence-corrected chi connectivity index (χ0v) is 13.4. The van der Waals surface area contributed by atoms with E-state index in [1.807, 2.05) is 6.07 Å². The number of carboxylic acids is 1. The molecular weight excluding hydrogens is 307 g/mol. The summed E-state index contributed by atoms with van der Waals surface area (Å²) in [6.07, 6.45) is 1.73. The summed E-state index contributed by atoms with van der Waals surface area (Å²) in [5.41, 5.74) is 0.914. The van der Waals surface area contributed by atoms with Crippen LogP contribution in [0, 0.1) is 5.82 Å². The molecule has 122 valence electrons. The van der Waals surface area contributed by atoms with Crippen LogP contribution in [0.1, 0.15) is 37.8 Å². The minimum absolute atomic E-state index is 0.0987. The summed E-state index contributed by atoms with van der Waals surface area (Å²) in [4.78, 5) is 12.9. The monoisotopic (exact) mass is 328 g/mol. The molecule has 1 aromatic carbocycles. The van der Waals surface area contributed by atoms with Crippen molar-refractivity contribution in [3.63, 3.8) is 0 Å². The standard InChI is InChI=1S/C16H22ClFN2O2/c1-2-20-9-7-14(19-8-3-4-15(21)22)16(20)11-5-6-12(17)13(18)10-11/h5-6,10,14,16,19H,2-4,7-9H2,1H3,(H,21,22). The number of benzene rings is 1. The molecule has 0 aliphatic carbocycles. The summed E-state index contributed by atoms with van der Waals surface area (Å²) in [6.45, 7) is 4.58. The Balaban J connectivity index is 2.05. The van der Waals surface area contributed by atoms with Gasteiger partial charge in [-0.1, -0.05) is 24.6 Å². The van der Waals surface area contributed by atoms with Crippen LogP contribution in [0.2, 0.25) is 5.02 Å². The number of likely N-dealkylation sites (tertiary alicyclic amines) is 1. The summed E-state index contributed by atoms with van der Waals surface area (Å²) in [5.74, 6) is -1.17. The third-order valence-corrected chi connectivity index (χ3v) is 4.47. The fraction of sp³-hybridized carbons (Fsp3) is 0.562. The number of hydrogen-bond donors (Lipinski definition) is 2. The molecule has 22 heavy (non-hydrogen) atoms. The van der Waals surface area contributed by atoms with E-state index in [1.165, 1.54) is 6.07 Å². The number of aliphatic carboxylic acids is 1. The molecule has 4 nitrogen and oxygen atoms in total. The Morgan fingerprint density at radius 2 is 2.32 bits per heavy atom. The fourth-order valence-corrected chi connectivity index (χ4v) is 3.21. The summed E-state index contributed by atoms with van der Waals surface area (Å²) < 4.78 is 13.8. The average molecular weight is 329 g/mol. The van der Waals surface area contributed by atoms with Gasteiger partial charge in [0.05, 0.1) is 11.1 Å². The second-order valence-corrected chi connectivity index (χ2v) is 6.00. The lowest BCUT2D eigenvalue weighted by molar-refractivity contribution is -0.137. The summed E-state index contributed by atoms with van der Waals surface area (Å²) in [6, 6.07) is 5.28. The molecule has 0 bridgehead atoms. The Kier molecular flexibility index (Phi) is 6.17. The Hall–Kier alpha value is -1.17. The topological polar surface area (TPSA) is 52.6 Å². The first-order valence-corrected chi connectivity index (χ1v) is 8.05. The molecule has 2 unspecified atom stereocenters. The maximum atomic E-state index is 13.8. The maximum absolute atomic E-state index is 13.8. The smallest absolute Gasteiger partial charge is 0.303 e. The first kappa shape index (κ1) is 17.2. The highest BCUT2D eigenvalue weighted by atomic mass is 35.5. The van der Waals surface area contributed by atoms with Crippen LogP contribution in [-0.2, 0) is 4.79 Å². The lowest BCUT2D eigenvalue weighted by Crippen LogP contribution is -2.36. The Bertz CT molecular complexity index is 527. The van der Waals surface area contributed by atoms with Crippen molar-refractivity contribution in [3.05, 3.63) is 34.6 Å². The minimum atomic E-state index is -0.778. The molecule has 1 heterocycles. The predicted octanol–water partition coefficient (Wildman–Crippen LogP) is 3.07. The van der Waals surface area contributed by atoms with E-state index in [4.69, 9.17) is 16.7 Å². The van der Waals surface area contributed by atoms with Crippen molar-refractivity contribution in [2.75, 3.05) is 19.6 Å². The van der Waals surface area contributed by atoms with Crippen LogP contribution < -0.4 is 5.32 Å². The largest absolute Gasteiger partial charge is 0.481 e. The van der Waals surface area contributed by atoms with E-state index in [9.17, 15) is 9.18 Å². The van der Waals surface area contributed by atoms with Crippen LogP contribution in [0.4, 0.5) is 4.39 Å². The first-order chi connectivity index (χ1) is 10.5. The molecule has 0 spiro atoms. The van der Waals surface area contributed by atoms with E-state index in [0.29, 0.717) is 13.0 Å². The second kappa shape index (κ2) is 7.90. The lowest BCUT2D eigenvalue weighted by atomic mass is 9.99. The summed E-state index contributed by atoms with van der Waals surface area (Å²) in [7, 11) is 0. The van der Waals surface area contributed by atoms with Gasteiger partial charge in [0.1, 0.15) is 5.82 Å². The third kappa shape index (κ3) is 4.18. The van der Waals surface area contributed by atoms with Crippen LogP contribution in [-0.4, -0.2) is 41.7 Å². The van der Waals surface area contributed by atoms with Gasteiger partial charge in [0.15, 0.2) is 0 Å². The van der Waals surface area contributed by atoms with Gasteiger partial charge in [0, 0.05) is 19.0 Å². The highest BCUT2D eigenvalue weighted by Gasteiger charge is 2.34. The minimum Gasteiger partial charge on any atom is -0.481 e. The predicted molar refractivity (Wildman–Crippen MR) is 84.7 cm³/mol.